The molecule has 0 amide bonds. The van der Waals surface area contributed by atoms with E-state index in [2.05, 4.69) is 19.9 Å². The smallest absolute Gasteiger partial charge is 0.260 e. The predicted octanol–water partition coefficient (Wildman–Crippen LogP) is 0.239. The van der Waals surface area contributed by atoms with Crippen molar-refractivity contribution in [3.05, 3.63) is 29.1 Å². The molecule has 0 saturated carbocycles. The lowest BCUT2D eigenvalue weighted by atomic mass is 10.3. The zero-order valence-electron chi connectivity index (χ0n) is 11.2. The number of oxazole rings is 1. The van der Waals surface area contributed by atoms with Gasteiger partial charge in [-0.2, -0.15) is 5.10 Å². The van der Waals surface area contributed by atoms with Gasteiger partial charge in [0.1, 0.15) is 5.76 Å². The summed E-state index contributed by atoms with van der Waals surface area (Å²) >= 11 is 0. The summed E-state index contributed by atoms with van der Waals surface area (Å²) in [6.45, 7) is 3.07. The number of sulfonamides is 1. The largest absolute Gasteiger partial charge is 0.444 e. The molecule has 0 unspecified atom stereocenters. The molecule has 2 heterocycles. The Hall–Kier alpha value is -1.71. The van der Waals surface area contributed by atoms with Gasteiger partial charge in [0.15, 0.2) is 5.03 Å². The third-order valence-electron chi connectivity index (χ3n) is 2.81. The molecule has 0 fully saturated rings. The van der Waals surface area contributed by atoms with Crippen LogP contribution in [0.4, 0.5) is 0 Å². The number of nitrogens with zero attached hydrogens (tertiary/aromatic N) is 2. The summed E-state index contributed by atoms with van der Waals surface area (Å²) in [6, 6.07) is 0. The first kappa shape index (κ1) is 14.7. The van der Waals surface area contributed by atoms with E-state index in [4.69, 9.17) is 4.42 Å². The van der Waals surface area contributed by atoms with Crippen LogP contribution in [-0.2, 0) is 29.6 Å². The number of aromatic nitrogens is 3. The number of nitrogens with one attached hydrogen (secondary N) is 2. The van der Waals surface area contributed by atoms with Gasteiger partial charge in [0, 0.05) is 17.7 Å². The Morgan fingerprint density at radius 2 is 2.25 bits per heavy atom. The molecule has 0 saturated heterocycles. The van der Waals surface area contributed by atoms with Crippen LogP contribution in [0.2, 0.25) is 0 Å². The third kappa shape index (κ3) is 2.89. The van der Waals surface area contributed by atoms with Crippen LogP contribution < -0.4 is 4.72 Å². The summed E-state index contributed by atoms with van der Waals surface area (Å²) in [7, 11) is -3.83. The molecule has 20 heavy (non-hydrogen) atoms. The van der Waals surface area contributed by atoms with Gasteiger partial charge in [0.05, 0.1) is 19.3 Å². The van der Waals surface area contributed by atoms with E-state index in [0.717, 1.165) is 0 Å². The van der Waals surface area contributed by atoms with Crippen molar-refractivity contribution >= 4 is 10.0 Å². The van der Waals surface area contributed by atoms with Crippen LogP contribution in [0, 0.1) is 6.92 Å². The molecule has 0 radical (unpaired) electrons. The van der Waals surface area contributed by atoms with Crippen LogP contribution in [0.1, 0.15) is 29.8 Å². The summed E-state index contributed by atoms with van der Waals surface area (Å²) < 4.78 is 31.9. The van der Waals surface area contributed by atoms with Crippen LogP contribution >= 0.6 is 0 Å². The average molecular weight is 300 g/mol. The highest BCUT2D eigenvalue weighted by molar-refractivity contribution is 7.89. The minimum Gasteiger partial charge on any atom is -0.444 e. The van der Waals surface area contributed by atoms with Gasteiger partial charge in [-0.15, -0.1) is 0 Å². The Bertz CT molecular complexity index is 689. The Labute approximate surface area is 116 Å². The van der Waals surface area contributed by atoms with Crippen molar-refractivity contribution in [2.24, 2.45) is 0 Å². The summed E-state index contributed by atoms with van der Waals surface area (Å²) in [5.74, 6) is 0.967. The van der Waals surface area contributed by atoms with Crippen molar-refractivity contribution in [1.29, 1.82) is 0 Å². The van der Waals surface area contributed by atoms with E-state index in [1.165, 1.54) is 0 Å². The van der Waals surface area contributed by atoms with Gasteiger partial charge < -0.3 is 9.52 Å². The van der Waals surface area contributed by atoms with Gasteiger partial charge in [-0.3, -0.25) is 5.10 Å². The molecule has 3 N–H and O–H groups in total. The molecule has 0 aliphatic carbocycles. The second kappa shape index (κ2) is 5.73. The zero-order valence-corrected chi connectivity index (χ0v) is 12.0. The third-order valence-corrected chi connectivity index (χ3v) is 4.18. The van der Waals surface area contributed by atoms with Crippen LogP contribution in [0.25, 0.3) is 0 Å². The van der Waals surface area contributed by atoms with E-state index in [1.54, 1.807) is 13.1 Å². The normalized spacial score (nSPS) is 11.9. The van der Waals surface area contributed by atoms with E-state index in [9.17, 15) is 13.5 Å². The highest BCUT2D eigenvalue weighted by atomic mass is 32.2. The molecule has 0 bridgehead atoms. The molecule has 2 aromatic heterocycles. The van der Waals surface area contributed by atoms with Gasteiger partial charge in [-0.05, 0) is 6.92 Å². The number of aliphatic hydroxyl groups is 1. The average Bonchev–Trinajstić information content (AvgIpc) is 3.02. The molecular weight excluding hydrogens is 284 g/mol. The summed E-state index contributed by atoms with van der Waals surface area (Å²) in [6.07, 6.45) is 2.24. The number of hydrogen-bond donors (Lipinski definition) is 3. The lowest BCUT2D eigenvalue weighted by Crippen LogP contribution is -2.24. The topological polar surface area (TPSA) is 121 Å². The van der Waals surface area contributed by atoms with Gasteiger partial charge in [-0.25, -0.2) is 18.1 Å². The molecule has 0 aliphatic heterocycles. The number of H-pyrrole nitrogens is 1. The number of hydrogen-bond acceptors (Lipinski definition) is 6. The summed E-state index contributed by atoms with van der Waals surface area (Å²) in [4.78, 5) is 3.96. The van der Waals surface area contributed by atoms with Crippen molar-refractivity contribution in [3.8, 4) is 0 Å². The minimum absolute atomic E-state index is 0.0703. The van der Waals surface area contributed by atoms with Gasteiger partial charge in [0.2, 0.25) is 5.89 Å². The first-order valence-electron chi connectivity index (χ1n) is 6.06. The van der Waals surface area contributed by atoms with Crippen molar-refractivity contribution in [1.82, 2.24) is 19.9 Å². The maximum absolute atomic E-state index is 12.1. The Morgan fingerprint density at radius 3 is 2.85 bits per heavy atom. The first-order valence-corrected chi connectivity index (χ1v) is 7.54. The maximum atomic E-state index is 12.1. The molecular formula is C11H16N4O4S. The van der Waals surface area contributed by atoms with Crippen LogP contribution in [0.3, 0.4) is 0 Å². The fourth-order valence-corrected chi connectivity index (χ4v) is 2.81. The molecule has 9 heteroatoms. The van der Waals surface area contributed by atoms with Gasteiger partial charge in [-0.1, -0.05) is 6.92 Å². The fourth-order valence-electron chi connectivity index (χ4n) is 1.66. The highest BCUT2D eigenvalue weighted by Crippen LogP contribution is 2.16. The van der Waals surface area contributed by atoms with Crippen molar-refractivity contribution in [2.75, 3.05) is 0 Å². The molecule has 2 rings (SSSR count). The van der Waals surface area contributed by atoms with E-state index < -0.39 is 16.6 Å². The number of aliphatic hydroxyl groups excluding tert-OH is 1. The monoisotopic (exact) mass is 300 g/mol. The van der Waals surface area contributed by atoms with Crippen molar-refractivity contribution in [3.63, 3.8) is 0 Å². The fraction of sp³-hybridized carbons (Fsp3) is 0.455. The van der Waals surface area contributed by atoms with Crippen LogP contribution in [-0.4, -0.2) is 28.7 Å². The number of rotatable bonds is 6. The predicted molar refractivity (Wildman–Crippen MR) is 69.2 cm³/mol. The number of aromatic amines is 1. The maximum Gasteiger partial charge on any atom is 0.260 e. The van der Waals surface area contributed by atoms with Crippen LogP contribution in [0.5, 0.6) is 0 Å². The Balaban J connectivity index is 2.14. The van der Waals surface area contributed by atoms with Crippen molar-refractivity contribution < 1.29 is 17.9 Å². The second-order valence-corrected chi connectivity index (χ2v) is 5.87. The summed E-state index contributed by atoms with van der Waals surface area (Å²) in [5.41, 5.74) is 0.761. The molecule has 0 spiro atoms. The van der Waals surface area contributed by atoms with Gasteiger partial charge >= 0.3 is 0 Å². The van der Waals surface area contributed by atoms with Crippen LogP contribution in [0.15, 0.2) is 15.6 Å². The quantitative estimate of drug-likeness (QED) is 0.702. The minimum atomic E-state index is -3.83. The summed E-state index contributed by atoms with van der Waals surface area (Å²) in [5, 5.41) is 15.2. The van der Waals surface area contributed by atoms with Crippen molar-refractivity contribution in [2.45, 2.75) is 38.4 Å². The Morgan fingerprint density at radius 1 is 1.50 bits per heavy atom. The first-order chi connectivity index (χ1) is 9.47. The molecule has 0 aliphatic rings. The molecule has 110 valence electrons. The second-order valence-electron chi connectivity index (χ2n) is 4.19. The molecule has 0 aromatic carbocycles. The van der Waals surface area contributed by atoms with E-state index >= 15 is 0 Å². The lowest BCUT2D eigenvalue weighted by molar-refractivity contribution is 0.277. The molecule has 2 aromatic rings. The zero-order chi connectivity index (χ0) is 14.8. The van der Waals surface area contributed by atoms with E-state index in [-0.39, 0.29) is 23.0 Å². The highest BCUT2D eigenvalue weighted by Gasteiger charge is 2.23. The standard InChI is InChI=1S/C11H16N4O4S/c1-3-8-4-12-10(19-8)5-13-20(17,18)11-9(6-16)7(2)14-15-11/h4,13,16H,3,5-6H2,1-2H3,(H,14,15). The Kier molecular flexibility index (Phi) is 4.21. The molecule has 8 nitrogen and oxygen atoms in total. The SMILES string of the molecule is CCc1cnc(CNS(=O)(=O)c2n[nH]c(C)c2CO)o1. The van der Waals surface area contributed by atoms with E-state index in [0.29, 0.717) is 17.9 Å². The molecule has 0 atom stereocenters. The van der Waals surface area contributed by atoms with Gasteiger partial charge in [0.25, 0.3) is 10.0 Å². The lowest BCUT2D eigenvalue weighted by Gasteiger charge is -2.03. The van der Waals surface area contributed by atoms with E-state index in [1.807, 2.05) is 6.92 Å². The number of aryl methyl sites for hydroxylation is 2.